The van der Waals surface area contributed by atoms with E-state index in [-0.39, 0.29) is 23.1 Å². The van der Waals surface area contributed by atoms with Crippen LogP contribution in [0.2, 0.25) is 0 Å². The molecule has 7 heteroatoms. The van der Waals surface area contributed by atoms with Gasteiger partial charge in [-0.25, -0.2) is 9.59 Å². The van der Waals surface area contributed by atoms with Gasteiger partial charge in [-0.15, -0.1) is 0 Å². The van der Waals surface area contributed by atoms with Crippen molar-refractivity contribution in [3.05, 3.63) is 71.8 Å². The molecular formula is C25H23NO6. The van der Waals surface area contributed by atoms with Crippen LogP contribution in [-0.2, 0) is 19.1 Å². The van der Waals surface area contributed by atoms with Crippen molar-refractivity contribution in [3.8, 4) is 0 Å². The lowest BCUT2D eigenvalue weighted by Gasteiger charge is -2.29. The predicted octanol–water partition coefficient (Wildman–Crippen LogP) is 3.00. The van der Waals surface area contributed by atoms with Crippen molar-refractivity contribution in [2.24, 2.45) is 11.8 Å². The molecule has 0 N–H and O–H groups in total. The van der Waals surface area contributed by atoms with E-state index in [9.17, 15) is 19.2 Å². The van der Waals surface area contributed by atoms with Gasteiger partial charge >= 0.3 is 11.9 Å². The number of ether oxygens (including phenoxy) is 2. The van der Waals surface area contributed by atoms with E-state index in [4.69, 9.17) is 9.47 Å². The van der Waals surface area contributed by atoms with E-state index in [2.05, 4.69) is 0 Å². The summed E-state index contributed by atoms with van der Waals surface area (Å²) in [5, 5.41) is 0. The quantitative estimate of drug-likeness (QED) is 0.532. The van der Waals surface area contributed by atoms with Crippen LogP contribution in [0.5, 0.6) is 0 Å². The number of benzene rings is 2. The summed E-state index contributed by atoms with van der Waals surface area (Å²) in [4.78, 5) is 53.2. The zero-order chi connectivity index (χ0) is 22.2. The van der Waals surface area contributed by atoms with Crippen LogP contribution in [0.3, 0.4) is 0 Å². The molecule has 2 amide bonds. The van der Waals surface area contributed by atoms with Crippen molar-refractivity contribution in [1.29, 1.82) is 0 Å². The molecule has 0 spiro atoms. The lowest BCUT2D eigenvalue weighted by molar-refractivity contribution is -0.145. The van der Waals surface area contributed by atoms with Crippen LogP contribution in [-0.4, -0.2) is 46.9 Å². The normalized spacial score (nSPS) is 28.8. The van der Waals surface area contributed by atoms with E-state index < -0.39 is 36.0 Å². The Bertz CT molecular complexity index is 981. The third kappa shape index (κ3) is 3.57. The van der Waals surface area contributed by atoms with Crippen molar-refractivity contribution >= 4 is 23.8 Å². The Morgan fingerprint density at radius 3 is 1.62 bits per heavy atom. The molecule has 3 aliphatic rings. The number of amides is 2. The van der Waals surface area contributed by atoms with Gasteiger partial charge in [0, 0.05) is 6.04 Å². The maximum atomic E-state index is 13.3. The van der Waals surface area contributed by atoms with Crippen LogP contribution in [0.15, 0.2) is 60.7 Å². The predicted molar refractivity (Wildman–Crippen MR) is 112 cm³/mol. The second kappa shape index (κ2) is 8.22. The Balaban J connectivity index is 1.42. The molecule has 5 atom stereocenters. The zero-order valence-corrected chi connectivity index (χ0v) is 17.4. The number of imide groups is 1. The van der Waals surface area contributed by atoms with Crippen molar-refractivity contribution in [2.75, 3.05) is 0 Å². The summed E-state index contributed by atoms with van der Waals surface area (Å²) in [5.74, 6) is -1.95. The fourth-order valence-corrected chi connectivity index (χ4v) is 5.24. The van der Waals surface area contributed by atoms with Gasteiger partial charge in [-0.1, -0.05) is 42.8 Å². The maximum Gasteiger partial charge on any atom is 0.339 e. The smallest absolute Gasteiger partial charge is 0.339 e. The van der Waals surface area contributed by atoms with Gasteiger partial charge in [0.1, 0.15) is 0 Å². The SMILES string of the molecule is O=C(O[C@@H]1C(=O)N([C@H]2C[C@H]3CC[C@H]2C3)C(=O)[C@H]1OC(=O)c1ccccc1)c1ccccc1. The van der Waals surface area contributed by atoms with E-state index >= 15 is 0 Å². The second-order valence-electron chi connectivity index (χ2n) is 8.67. The van der Waals surface area contributed by atoms with Crippen LogP contribution in [0.1, 0.15) is 46.4 Å². The van der Waals surface area contributed by atoms with Gasteiger partial charge in [0.2, 0.25) is 12.2 Å². The largest absolute Gasteiger partial charge is 0.444 e. The molecule has 2 bridgehead atoms. The number of carbonyl (C=O) groups excluding carboxylic acids is 4. The maximum absolute atomic E-state index is 13.3. The molecule has 7 nitrogen and oxygen atoms in total. The number of nitrogens with zero attached hydrogens (tertiary/aromatic N) is 1. The Labute approximate surface area is 185 Å². The Hall–Kier alpha value is -3.48. The molecule has 0 unspecified atom stereocenters. The fourth-order valence-electron chi connectivity index (χ4n) is 5.24. The van der Waals surface area contributed by atoms with Gasteiger partial charge in [0.25, 0.3) is 11.8 Å². The summed E-state index contributed by atoms with van der Waals surface area (Å²) in [6, 6.07) is 16.2. The Morgan fingerprint density at radius 2 is 1.22 bits per heavy atom. The van der Waals surface area contributed by atoms with E-state index in [0.29, 0.717) is 5.92 Å². The fraction of sp³-hybridized carbons (Fsp3) is 0.360. The summed E-state index contributed by atoms with van der Waals surface area (Å²) < 4.78 is 10.9. The number of carbonyl (C=O) groups is 4. The van der Waals surface area contributed by atoms with Crippen LogP contribution >= 0.6 is 0 Å². The van der Waals surface area contributed by atoms with Gasteiger partial charge in [0.05, 0.1) is 11.1 Å². The third-order valence-corrected chi connectivity index (χ3v) is 6.76. The van der Waals surface area contributed by atoms with Crippen molar-refractivity contribution < 1.29 is 28.7 Å². The van der Waals surface area contributed by atoms with E-state index in [0.717, 1.165) is 25.7 Å². The number of fused-ring (bicyclic) bond motifs is 2. The van der Waals surface area contributed by atoms with Gasteiger partial charge in [-0.2, -0.15) is 0 Å². The average molecular weight is 433 g/mol. The standard InChI is InChI=1S/C25H23NO6/c27-22-20(31-24(29)16-7-3-1-4-8-16)21(32-25(30)17-9-5-2-6-10-17)23(28)26(22)19-14-15-11-12-18(19)13-15/h1-10,15,18-21H,11-14H2/t15-,18-,19-,20-,21-/m0/s1. The minimum atomic E-state index is -1.50. The van der Waals surface area contributed by atoms with E-state index in [1.165, 1.54) is 4.90 Å². The number of esters is 2. The molecular weight excluding hydrogens is 410 g/mol. The van der Waals surface area contributed by atoms with Crippen molar-refractivity contribution in [1.82, 2.24) is 4.90 Å². The molecule has 0 radical (unpaired) electrons. The molecule has 32 heavy (non-hydrogen) atoms. The zero-order valence-electron chi connectivity index (χ0n) is 17.4. The first-order valence-electron chi connectivity index (χ1n) is 10.9. The first-order chi connectivity index (χ1) is 15.5. The van der Waals surface area contributed by atoms with Crippen LogP contribution in [0, 0.1) is 11.8 Å². The summed E-state index contributed by atoms with van der Waals surface area (Å²) in [7, 11) is 0. The first-order valence-corrected chi connectivity index (χ1v) is 10.9. The molecule has 0 aromatic heterocycles. The van der Waals surface area contributed by atoms with Gasteiger partial charge in [-0.3, -0.25) is 14.5 Å². The molecule has 2 aromatic rings. The molecule has 5 rings (SSSR count). The molecule has 2 aromatic carbocycles. The summed E-state index contributed by atoms with van der Waals surface area (Å²) in [5.41, 5.74) is 0.499. The van der Waals surface area contributed by atoms with E-state index in [1.807, 2.05) is 0 Å². The van der Waals surface area contributed by atoms with Gasteiger partial charge in [-0.05, 0) is 55.4 Å². The minimum absolute atomic E-state index is 0.230. The number of hydrogen-bond acceptors (Lipinski definition) is 6. The van der Waals surface area contributed by atoms with Gasteiger partial charge in [0.15, 0.2) is 0 Å². The first kappa shape index (κ1) is 20.4. The monoisotopic (exact) mass is 433 g/mol. The lowest BCUT2D eigenvalue weighted by Crippen LogP contribution is -2.44. The van der Waals surface area contributed by atoms with Crippen LogP contribution in [0.25, 0.3) is 0 Å². The molecule has 3 fully saturated rings. The topological polar surface area (TPSA) is 90.0 Å². The number of rotatable bonds is 5. The molecule has 1 aliphatic heterocycles. The summed E-state index contributed by atoms with van der Waals surface area (Å²) in [6.45, 7) is 0. The summed E-state index contributed by atoms with van der Waals surface area (Å²) >= 11 is 0. The summed E-state index contributed by atoms with van der Waals surface area (Å²) in [6.07, 6.45) is 0.820. The molecule has 2 aliphatic carbocycles. The third-order valence-electron chi connectivity index (χ3n) is 6.76. The average Bonchev–Trinajstić information content (AvgIpc) is 3.51. The highest BCUT2D eigenvalue weighted by Gasteiger charge is 2.58. The van der Waals surface area contributed by atoms with Crippen LogP contribution in [0.4, 0.5) is 0 Å². The van der Waals surface area contributed by atoms with Crippen molar-refractivity contribution in [2.45, 2.75) is 43.9 Å². The second-order valence-corrected chi connectivity index (χ2v) is 8.67. The highest BCUT2D eigenvalue weighted by molar-refractivity contribution is 6.10. The molecule has 2 saturated carbocycles. The molecule has 1 saturated heterocycles. The Kier molecular flexibility index (Phi) is 5.25. The van der Waals surface area contributed by atoms with Gasteiger partial charge < -0.3 is 9.47 Å². The number of likely N-dealkylation sites (tertiary alicyclic amines) is 1. The lowest BCUT2D eigenvalue weighted by atomic mass is 9.94. The molecule has 1 heterocycles. The highest BCUT2D eigenvalue weighted by Crippen LogP contribution is 2.48. The van der Waals surface area contributed by atoms with E-state index in [1.54, 1.807) is 60.7 Å². The highest BCUT2D eigenvalue weighted by atomic mass is 16.6. The van der Waals surface area contributed by atoms with Crippen molar-refractivity contribution in [3.63, 3.8) is 0 Å². The van der Waals surface area contributed by atoms with Crippen LogP contribution < -0.4 is 0 Å². The molecule has 164 valence electrons. The Morgan fingerprint density at radius 1 is 0.719 bits per heavy atom. The minimum Gasteiger partial charge on any atom is -0.444 e. The number of hydrogen-bond donors (Lipinski definition) is 0.